The zero-order valence-corrected chi connectivity index (χ0v) is 22.3. The number of ether oxygens (including phenoxy) is 1. The third-order valence-electron chi connectivity index (χ3n) is 7.14. The molecule has 5 aromatic rings. The van der Waals surface area contributed by atoms with Crippen molar-refractivity contribution in [3.63, 3.8) is 0 Å². The molecule has 1 saturated heterocycles. The number of morpholine rings is 1. The number of nitrogens with zero attached hydrogens (tertiary/aromatic N) is 4. The number of aromatic nitrogens is 3. The van der Waals surface area contributed by atoms with Crippen molar-refractivity contribution in [1.29, 1.82) is 0 Å². The SMILES string of the molecule is Cc1c(-c2ccccn2)nc2cc(F)cc(F)c2c1Nc1cc(N2CCOCC2)ncc1-c1cccc(C(F)(F)F)c1. The summed E-state index contributed by atoms with van der Waals surface area (Å²) in [5.41, 5.74) is 1.96. The first-order valence-corrected chi connectivity index (χ1v) is 13.2. The van der Waals surface area contributed by atoms with Crippen LogP contribution in [-0.2, 0) is 10.9 Å². The maximum Gasteiger partial charge on any atom is 0.416 e. The highest BCUT2D eigenvalue weighted by atomic mass is 19.4. The van der Waals surface area contributed by atoms with Crippen LogP contribution in [-0.4, -0.2) is 41.3 Å². The van der Waals surface area contributed by atoms with Gasteiger partial charge in [0.15, 0.2) is 0 Å². The molecule has 1 fully saturated rings. The maximum atomic E-state index is 15.4. The van der Waals surface area contributed by atoms with Crippen molar-refractivity contribution in [1.82, 2.24) is 15.0 Å². The Kier molecular flexibility index (Phi) is 7.19. The summed E-state index contributed by atoms with van der Waals surface area (Å²) in [5.74, 6) is -1.06. The van der Waals surface area contributed by atoms with Crippen LogP contribution < -0.4 is 10.2 Å². The molecule has 0 saturated carbocycles. The Hall–Kier alpha value is -4.64. The molecule has 0 amide bonds. The lowest BCUT2D eigenvalue weighted by atomic mass is 10.0. The Balaban J connectivity index is 1.57. The molecule has 1 aliphatic rings. The molecule has 4 heterocycles. The molecule has 0 spiro atoms. The lowest BCUT2D eigenvalue weighted by Crippen LogP contribution is -2.36. The minimum atomic E-state index is -4.55. The van der Waals surface area contributed by atoms with Crippen LogP contribution in [0.5, 0.6) is 0 Å². The summed E-state index contributed by atoms with van der Waals surface area (Å²) in [7, 11) is 0. The Bertz CT molecular complexity index is 1770. The molecule has 3 aromatic heterocycles. The molecular formula is C31H24F5N5O. The van der Waals surface area contributed by atoms with Gasteiger partial charge in [-0.25, -0.2) is 18.7 Å². The lowest BCUT2D eigenvalue weighted by molar-refractivity contribution is -0.137. The molecule has 1 aliphatic heterocycles. The molecule has 0 radical (unpaired) electrons. The number of halogens is 5. The number of anilines is 3. The summed E-state index contributed by atoms with van der Waals surface area (Å²) in [6.07, 6.45) is -1.46. The van der Waals surface area contributed by atoms with Crippen LogP contribution >= 0.6 is 0 Å². The maximum absolute atomic E-state index is 15.4. The molecular weight excluding hydrogens is 553 g/mol. The number of alkyl halides is 3. The largest absolute Gasteiger partial charge is 0.416 e. The highest BCUT2D eigenvalue weighted by Gasteiger charge is 2.31. The summed E-state index contributed by atoms with van der Waals surface area (Å²) in [5, 5.41) is 3.32. The predicted octanol–water partition coefficient (Wildman–Crippen LogP) is 7.54. The van der Waals surface area contributed by atoms with Crippen molar-refractivity contribution < 1.29 is 26.7 Å². The quantitative estimate of drug-likeness (QED) is 0.218. The number of nitrogens with one attached hydrogen (secondary N) is 1. The average Bonchev–Trinajstić information content (AvgIpc) is 2.99. The van der Waals surface area contributed by atoms with Gasteiger partial charge in [0.1, 0.15) is 17.5 Å². The van der Waals surface area contributed by atoms with Crippen molar-refractivity contribution in [2.45, 2.75) is 13.1 Å². The zero-order chi connectivity index (χ0) is 29.4. The Morgan fingerprint density at radius 2 is 1.74 bits per heavy atom. The van der Waals surface area contributed by atoms with Crippen LogP contribution in [0.4, 0.5) is 39.1 Å². The van der Waals surface area contributed by atoms with E-state index in [1.807, 2.05) is 4.90 Å². The smallest absolute Gasteiger partial charge is 0.378 e. The molecule has 0 aliphatic carbocycles. The first kappa shape index (κ1) is 27.5. The fourth-order valence-corrected chi connectivity index (χ4v) is 5.06. The summed E-state index contributed by atoms with van der Waals surface area (Å²) in [6, 6.07) is 13.8. The third kappa shape index (κ3) is 5.35. The van der Waals surface area contributed by atoms with Gasteiger partial charge in [-0.3, -0.25) is 4.98 Å². The fraction of sp³-hybridized carbons (Fsp3) is 0.194. The van der Waals surface area contributed by atoms with Gasteiger partial charge in [0, 0.05) is 54.8 Å². The van der Waals surface area contributed by atoms with E-state index < -0.39 is 23.4 Å². The van der Waals surface area contributed by atoms with Gasteiger partial charge >= 0.3 is 6.18 Å². The van der Waals surface area contributed by atoms with Gasteiger partial charge in [0.25, 0.3) is 0 Å². The molecule has 0 unspecified atom stereocenters. The first-order valence-electron chi connectivity index (χ1n) is 13.2. The van der Waals surface area contributed by atoms with Crippen LogP contribution in [0, 0.1) is 18.6 Å². The third-order valence-corrected chi connectivity index (χ3v) is 7.14. The van der Waals surface area contributed by atoms with Gasteiger partial charge in [0.05, 0.1) is 52.4 Å². The summed E-state index contributed by atoms with van der Waals surface area (Å²) < 4.78 is 76.0. The van der Waals surface area contributed by atoms with E-state index in [0.29, 0.717) is 60.3 Å². The van der Waals surface area contributed by atoms with E-state index in [1.54, 1.807) is 43.5 Å². The second-order valence-corrected chi connectivity index (χ2v) is 9.85. The zero-order valence-electron chi connectivity index (χ0n) is 22.3. The van der Waals surface area contributed by atoms with Crippen LogP contribution in [0.3, 0.4) is 0 Å². The van der Waals surface area contributed by atoms with Crippen LogP contribution in [0.1, 0.15) is 11.1 Å². The topological polar surface area (TPSA) is 63.2 Å². The van der Waals surface area contributed by atoms with E-state index in [0.717, 1.165) is 24.3 Å². The Morgan fingerprint density at radius 1 is 0.929 bits per heavy atom. The van der Waals surface area contributed by atoms with E-state index in [2.05, 4.69) is 20.3 Å². The van der Waals surface area contributed by atoms with Crippen LogP contribution in [0.25, 0.3) is 33.4 Å². The van der Waals surface area contributed by atoms with Gasteiger partial charge in [-0.1, -0.05) is 18.2 Å². The van der Waals surface area contributed by atoms with Gasteiger partial charge in [-0.2, -0.15) is 13.2 Å². The van der Waals surface area contributed by atoms with Gasteiger partial charge in [-0.15, -0.1) is 0 Å². The van der Waals surface area contributed by atoms with Crippen molar-refractivity contribution in [3.8, 4) is 22.5 Å². The number of fused-ring (bicyclic) bond motifs is 1. The fourth-order valence-electron chi connectivity index (χ4n) is 5.06. The lowest BCUT2D eigenvalue weighted by Gasteiger charge is -2.29. The second kappa shape index (κ2) is 11.0. The van der Waals surface area contributed by atoms with Crippen molar-refractivity contribution in [3.05, 3.63) is 95.8 Å². The average molecular weight is 578 g/mol. The highest BCUT2D eigenvalue weighted by molar-refractivity contribution is 5.99. The molecule has 2 aromatic carbocycles. The normalized spacial score (nSPS) is 13.9. The van der Waals surface area contributed by atoms with E-state index >= 15 is 4.39 Å². The second-order valence-electron chi connectivity index (χ2n) is 9.85. The standard InChI is InChI=1S/C31H24F5N5O/c1-18-29(24-7-2-3-8-37-24)40-26-15-21(32)14-23(33)28(26)30(18)39-25-16-27(41-9-11-42-12-10-41)38-17-22(25)19-5-4-6-20(13-19)31(34,35)36/h2-8,13-17H,9-12H2,1H3,(H,38,39,40). The highest BCUT2D eigenvalue weighted by Crippen LogP contribution is 2.41. The van der Waals surface area contributed by atoms with Crippen molar-refractivity contribution >= 4 is 28.1 Å². The Labute approximate surface area is 237 Å². The van der Waals surface area contributed by atoms with Crippen molar-refractivity contribution in [2.75, 3.05) is 36.5 Å². The summed E-state index contributed by atoms with van der Waals surface area (Å²) >= 11 is 0. The minimum Gasteiger partial charge on any atom is -0.378 e. The van der Waals surface area contributed by atoms with Crippen LogP contribution in [0.2, 0.25) is 0 Å². The monoisotopic (exact) mass is 577 g/mol. The molecule has 214 valence electrons. The molecule has 6 rings (SSSR count). The van der Waals surface area contributed by atoms with E-state index in [1.165, 1.54) is 12.3 Å². The molecule has 11 heteroatoms. The number of rotatable bonds is 5. The summed E-state index contributed by atoms with van der Waals surface area (Å²) in [6.45, 7) is 3.88. The molecule has 42 heavy (non-hydrogen) atoms. The van der Waals surface area contributed by atoms with Gasteiger partial charge in [-0.05, 0) is 36.8 Å². The van der Waals surface area contributed by atoms with E-state index in [-0.39, 0.29) is 22.2 Å². The number of benzene rings is 2. The number of pyridine rings is 3. The van der Waals surface area contributed by atoms with E-state index in [9.17, 15) is 17.6 Å². The van der Waals surface area contributed by atoms with Gasteiger partial charge in [0.2, 0.25) is 0 Å². The molecule has 1 N–H and O–H groups in total. The summed E-state index contributed by atoms with van der Waals surface area (Å²) in [4.78, 5) is 15.5. The van der Waals surface area contributed by atoms with Crippen LogP contribution in [0.15, 0.2) is 73.1 Å². The Morgan fingerprint density at radius 3 is 2.48 bits per heavy atom. The molecule has 0 bridgehead atoms. The van der Waals surface area contributed by atoms with Crippen molar-refractivity contribution in [2.24, 2.45) is 0 Å². The predicted molar refractivity (Wildman–Crippen MR) is 151 cm³/mol. The number of hydrogen-bond donors (Lipinski definition) is 1. The molecule has 6 nitrogen and oxygen atoms in total. The first-order chi connectivity index (χ1) is 20.2. The number of hydrogen-bond acceptors (Lipinski definition) is 6. The van der Waals surface area contributed by atoms with E-state index in [4.69, 9.17) is 4.74 Å². The minimum absolute atomic E-state index is 0.0355. The molecule has 0 atom stereocenters. The van der Waals surface area contributed by atoms with Gasteiger partial charge < -0.3 is 15.0 Å².